The van der Waals surface area contributed by atoms with Crippen molar-refractivity contribution in [3.8, 4) is 0 Å². The summed E-state index contributed by atoms with van der Waals surface area (Å²) in [6, 6.07) is 0. The Balaban J connectivity index is 1.64. The molecule has 1 amide bonds. The second-order valence-electron chi connectivity index (χ2n) is 6.16. The van der Waals surface area contributed by atoms with Crippen molar-refractivity contribution in [2.24, 2.45) is 11.3 Å². The zero-order valence-electron chi connectivity index (χ0n) is 11.1. The van der Waals surface area contributed by atoms with Gasteiger partial charge in [-0.1, -0.05) is 6.42 Å². The molecule has 0 spiro atoms. The van der Waals surface area contributed by atoms with Gasteiger partial charge in [-0.3, -0.25) is 9.59 Å². The lowest BCUT2D eigenvalue weighted by molar-refractivity contribution is -0.149. The molecule has 0 aromatic carbocycles. The van der Waals surface area contributed by atoms with Crippen LogP contribution >= 0.6 is 0 Å². The number of aliphatic carboxylic acids is 1. The number of amides is 1. The van der Waals surface area contributed by atoms with Crippen LogP contribution < -0.4 is 0 Å². The summed E-state index contributed by atoms with van der Waals surface area (Å²) in [6.45, 7) is 1.77. The molecule has 1 saturated carbocycles. The number of carbonyl (C=O) groups excluding carboxylic acids is 1. The van der Waals surface area contributed by atoms with E-state index in [-0.39, 0.29) is 17.9 Å². The summed E-state index contributed by atoms with van der Waals surface area (Å²) in [6.07, 6.45) is 5.08. The summed E-state index contributed by atoms with van der Waals surface area (Å²) in [5.74, 6) is -0.497. The van der Waals surface area contributed by atoms with Gasteiger partial charge in [0.05, 0.1) is 17.9 Å². The molecule has 3 aliphatic rings. The highest BCUT2D eigenvalue weighted by Crippen LogP contribution is 2.49. The lowest BCUT2D eigenvalue weighted by Gasteiger charge is -2.23. The average molecular weight is 267 g/mol. The van der Waals surface area contributed by atoms with Crippen LogP contribution in [0.5, 0.6) is 0 Å². The van der Waals surface area contributed by atoms with Crippen LogP contribution in [0, 0.1) is 11.3 Å². The van der Waals surface area contributed by atoms with Gasteiger partial charge in [0, 0.05) is 19.7 Å². The Labute approximate surface area is 112 Å². The fraction of sp³-hybridized carbons (Fsp3) is 0.857. The lowest BCUT2D eigenvalue weighted by Crippen LogP contribution is -2.38. The first kappa shape index (κ1) is 12.9. The van der Waals surface area contributed by atoms with Gasteiger partial charge < -0.3 is 14.7 Å². The molecule has 19 heavy (non-hydrogen) atoms. The number of carbonyl (C=O) groups is 2. The molecule has 1 aliphatic carbocycles. The Morgan fingerprint density at radius 2 is 2.16 bits per heavy atom. The maximum Gasteiger partial charge on any atom is 0.311 e. The number of hydrogen-bond acceptors (Lipinski definition) is 3. The van der Waals surface area contributed by atoms with E-state index in [9.17, 15) is 14.7 Å². The summed E-state index contributed by atoms with van der Waals surface area (Å²) in [5.41, 5.74) is -0.661. The number of rotatable bonds is 3. The van der Waals surface area contributed by atoms with E-state index in [0.717, 1.165) is 38.7 Å². The van der Waals surface area contributed by atoms with Crippen LogP contribution in [0.1, 0.15) is 38.5 Å². The molecule has 1 unspecified atom stereocenters. The molecule has 3 fully saturated rings. The standard InChI is InChI=1S/C14H21NO4/c16-12(7-11-4-2-6-19-11)15-8-10-3-1-5-14(10,9-15)13(17)18/h10-11H,1-9H2,(H,17,18)/t10-,11?,14+/m0/s1. The molecule has 106 valence electrons. The Morgan fingerprint density at radius 3 is 2.79 bits per heavy atom. The molecular weight excluding hydrogens is 246 g/mol. The number of carboxylic acid groups (broad SMARTS) is 1. The van der Waals surface area contributed by atoms with Gasteiger partial charge in [-0.2, -0.15) is 0 Å². The minimum Gasteiger partial charge on any atom is -0.481 e. The highest BCUT2D eigenvalue weighted by atomic mass is 16.5. The van der Waals surface area contributed by atoms with E-state index in [4.69, 9.17) is 4.74 Å². The third-order valence-corrected chi connectivity index (χ3v) is 5.08. The largest absolute Gasteiger partial charge is 0.481 e. The quantitative estimate of drug-likeness (QED) is 0.836. The normalized spacial score (nSPS) is 37.6. The maximum absolute atomic E-state index is 12.3. The van der Waals surface area contributed by atoms with E-state index in [1.807, 2.05) is 0 Å². The highest BCUT2D eigenvalue weighted by molar-refractivity contribution is 5.81. The van der Waals surface area contributed by atoms with Crippen molar-refractivity contribution >= 4 is 11.9 Å². The van der Waals surface area contributed by atoms with E-state index in [1.165, 1.54) is 0 Å². The van der Waals surface area contributed by atoms with Crippen molar-refractivity contribution < 1.29 is 19.4 Å². The van der Waals surface area contributed by atoms with Crippen LogP contribution in [0.25, 0.3) is 0 Å². The Bertz CT molecular complexity index is 391. The fourth-order valence-corrected chi connectivity index (χ4v) is 3.96. The Hall–Kier alpha value is -1.10. The number of hydrogen-bond donors (Lipinski definition) is 1. The van der Waals surface area contributed by atoms with E-state index in [1.54, 1.807) is 4.90 Å². The summed E-state index contributed by atoms with van der Waals surface area (Å²) >= 11 is 0. The van der Waals surface area contributed by atoms with Gasteiger partial charge in [0.1, 0.15) is 0 Å². The van der Waals surface area contributed by atoms with Crippen molar-refractivity contribution in [3.05, 3.63) is 0 Å². The molecule has 0 bridgehead atoms. The molecule has 5 nitrogen and oxygen atoms in total. The summed E-state index contributed by atoms with van der Waals surface area (Å²) in [4.78, 5) is 25.6. The smallest absolute Gasteiger partial charge is 0.311 e. The average Bonchev–Trinajstić information content (AvgIpc) is 3.01. The third kappa shape index (κ3) is 2.14. The van der Waals surface area contributed by atoms with E-state index in [0.29, 0.717) is 19.5 Å². The van der Waals surface area contributed by atoms with Gasteiger partial charge in [0.15, 0.2) is 0 Å². The molecular formula is C14H21NO4. The molecule has 2 saturated heterocycles. The van der Waals surface area contributed by atoms with Gasteiger partial charge in [-0.15, -0.1) is 0 Å². The van der Waals surface area contributed by atoms with Crippen molar-refractivity contribution in [2.75, 3.05) is 19.7 Å². The summed E-state index contributed by atoms with van der Waals surface area (Å²) in [5, 5.41) is 9.50. The van der Waals surface area contributed by atoms with E-state index < -0.39 is 11.4 Å². The molecule has 0 radical (unpaired) electrons. The molecule has 3 atom stereocenters. The fourth-order valence-electron chi connectivity index (χ4n) is 3.96. The lowest BCUT2D eigenvalue weighted by atomic mass is 9.81. The number of carboxylic acids is 1. The monoisotopic (exact) mass is 267 g/mol. The molecule has 3 rings (SSSR count). The highest BCUT2D eigenvalue weighted by Gasteiger charge is 2.55. The summed E-state index contributed by atoms with van der Waals surface area (Å²) < 4.78 is 5.49. The van der Waals surface area contributed by atoms with Gasteiger partial charge in [-0.25, -0.2) is 0 Å². The van der Waals surface area contributed by atoms with Crippen molar-refractivity contribution in [1.29, 1.82) is 0 Å². The Morgan fingerprint density at radius 1 is 1.32 bits per heavy atom. The molecule has 2 aliphatic heterocycles. The first-order chi connectivity index (χ1) is 9.12. The maximum atomic E-state index is 12.3. The number of likely N-dealkylation sites (tertiary alicyclic amines) is 1. The minimum atomic E-state index is -0.720. The van der Waals surface area contributed by atoms with Gasteiger partial charge >= 0.3 is 5.97 Å². The zero-order valence-corrected chi connectivity index (χ0v) is 11.1. The van der Waals surface area contributed by atoms with E-state index >= 15 is 0 Å². The number of ether oxygens (including phenoxy) is 1. The Kier molecular flexibility index (Phi) is 3.25. The number of nitrogens with zero attached hydrogens (tertiary/aromatic N) is 1. The van der Waals surface area contributed by atoms with Crippen LogP contribution in [0.3, 0.4) is 0 Å². The molecule has 0 aromatic rings. The topological polar surface area (TPSA) is 66.8 Å². The van der Waals surface area contributed by atoms with Gasteiger partial charge in [-0.05, 0) is 31.6 Å². The van der Waals surface area contributed by atoms with Crippen LogP contribution in [-0.4, -0.2) is 47.7 Å². The third-order valence-electron chi connectivity index (χ3n) is 5.08. The minimum absolute atomic E-state index is 0.0497. The van der Waals surface area contributed by atoms with Crippen molar-refractivity contribution in [1.82, 2.24) is 4.90 Å². The molecule has 2 heterocycles. The zero-order chi connectivity index (χ0) is 13.5. The van der Waals surface area contributed by atoms with E-state index in [2.05, 4.69) is 0 Å². The molecule has 0 aromatic heterocycles. The molecule has 1 N–H and O–H groups in total. The second-order valence-corrected chi connectivity index (χ2v) is 6.16. The predicted molar refractivity (Wildman–Crippen MR) is 67.6 cm³/mol. The first-order valence-corrected chi connectivity index (χ1v) is 7.24. The predicted octanol–water partition coefficient (Wildman–Crippen LogP) is 1.27. The van der Waals surface area contributed by atoms with Crippen LogP contribution in [0.2, 0.25) is 0 Å². The van der Waals surface area contributed by atoms with Crippen molar-refractivity contribution in [2.45, 2.75) is 44.6 Å². The SMILES string of the molecule is O=C(CC1CCCO1)N1C[C@@H]2CCC[C@@]2(C(=O)O)C1. The van der Waals surface area contributed by atoms with Crippen LogP contribution in [0.15, 0.2) is 0 Å². The first-order valence-electron chi connectivity index (χ1n) is 7.24. The van der Waals surface area contributed by atoms with Gasteiger partial charge in [0.2, 0.25) is 5.91 Å². The summed E-state index contributed by atoms with van der Waals surface area (Å²) in [7, 11) is 0. The van der Waals surface area contributed by atoms with Crippen LogP contribution in [-0.2, 0) is 14.3 Å². The second kappa shape index (κ2) is 4.78. The van der Waals surface area contributed by atoms with Crippen molar-refractivity contribution in [3.63, 3.8) is 0 Å². The molecule has 5 heteroatoms. The van der Waals surface area contributed by atoms with Gasteiger partial charge in [0.25, 0.3) is 0 Å². The van der Waals surface area contributed by atoms with Crippen LogP contribution in [0.4, 0.5) is 0 Å². The number of fused-ring (bicyclic) bond motifs is 1.